The Kier molecular flexibility index (Phi) is 4.85. The van der Waals surface area contributed by atoms with Crippen molar-refractivity contribution in [1.82, 2.24) is 13.9 Å². The van der Waals surface area contributed by atoms with Gasteiger partial charge in [-0.05, 0) is 24.3 Å². The number of pyridine rings is 1. The molecule has 2 aromatic heterocycles. The Morgan fingerprint density at radius 1 is 1.20 bits per heavy atom. The van der Waals surface area contributed by atoms with Crippen LogP contribution in [0.25, 0.3) is 0 Å². The van der Waals surface area contributed by atoms with Crippen molar-refractivity contribution < 1.29 is 26.3 Å². The Bertz CT molecular complexity index is 821. The second kappa shape index (κ2) is 6.77. The van der Waals surface area contributed by atoms with Crippen molar-refractivity contribution in [2.45, 2.75) is 31.3 Å². The molecule has 0 aliphatic carbocycles. The van der Waals surface area contributed by atoms with E-state index in [1.165, 1.54) is 0 Å². The molecule has 0 saturated carbocycles. The fraction of sp³-hybridized carbons (Fsp3) is 0.400. The number of aromatic nitrogens is 2. The van der Waals surface area contributed by atoms with Gasteiger partial charge in [-0.1, -0.05) is 6.07 Å². The number of rotatable bonds is 4. The van der Waals surface area contributed by atoms with Gasteiger partial charge >= 0.3 is 15.5 Å². The zero-order valence-electron chi connectivity index (χ0n) is 13.1. The van der Waals surface area contributed by atoms with Crippen molar-refractivity contribution in [3.05, 3.63) is 54.1 Å². The van der Waals surface area contributed by atoms with Gasteiger partial charge in [0.25, 0.3) is 0 Å². The molecular formula is C15H16F3N3O3S. The van der Waals surface area contributed by atoms with Gasteiger partial charge in [0.1, 0.15) is 0 Å². The van der Waals surface area contributed by atoms with Gasteiger partial charge in [-0.15, -0.1) is 0 Å². The van der Waals surface area contributed by atoms with Gasteiger partial charge in [-0.3, -0.25) is 4.98 Å². The summed E-state index contributed by atoms with van der Waals surface area (Å²) in [7, 11) is -5.43. The summed E-state index contributed by atoms with van der Waals surface area (Å²) in [6.07, 6.45) is 2.54. The first-order valence-corrected chi connectivity index (χ1v) is 8.93. The number of sulfonamides is 1. The summed E-state index contributed by atoms with van der Waals surface area (Å²) in [5, 5.41) is 0. The van der Waals surface area contributed by atoms with Crippen molar-refractivity contribution in [1.29, 1.82) is 0 Å². The lowest BCUT2D eigenvalue weighted by Gasteiger charge is -2.24. The summed E-state index contributed by atoms with van der Waals surface area (Å²) in [5.74, 6) is 0. The first-order chi connectivity index (χ1) is 11.8. The summed E-state index contributed by atoms with van der Waals surface area (Å²) in [6.45, 7) is -0.379. The molecule has 25 heavy (non-hydrogen) atoms. The molecular weight excluding hydrogens is 359 g/mol. The minimum atomic E-state index is -5.43. The Morgan fingerprint density at radius 3 is 2.68 bits per heavy atom. The van der Waals surface area contributed by atoms with E-state index in [0.717, 1.165) is 0 Å². The molecule has 6 nitrogen and oxygen atoms in total. The molecule has 0 saturated heterocycles. The third-order valence-electron chi connectivity index (χ3n) is 3.89. The predicted molar refractivity (Wildman–Crippen MR) is 82.6 cm³/mol. The SMILES string of the molecule is O=S(=O)(N1Cc2cccn2C[C@@H](OCc2ccccn2)C1)C(F)(F)F. The van der Waals surface area contributed by atoms with Crippen LogP contribution in [0.3, 0.4) is 0 Å². The largest absolute Gasteiger partial charge is 0.511 e. The zero-order valence-corrected chi connectivity index (χ0v) is 13.9. The molecule has 0 unspecified atom stereocenters. The summed E-state index contributed by atoms with van der Waals surface area (Å²) in [5.41, 5.74) is -4.25. The van der Waals surface area contributed by atoms with E-state index >= 15 is 0 Å². The molecule has 1 aliphatic rings. The van der Waals surface area contributed by atoms with Gasteiger partial charge in [-0.2, -0.15) is 17.5 Å². The molecule has 0 bridgehead atoms. The molecule has 0 aromatic carbocycles. The number of alkyl halides is 3. The van der Waals surface area contributed by atoms with Crippen LogP contribution >= 0.6 is 0 Å². The number of fused-ring (bicyclic) bond motifs is 1. The first kappa shape index (κ1) is 17.9. The highest BCUT2D eigenvalue weighted by molar-refractivity contribution is 7.89. The van der Waals surface area contributed by atoms with Gasteiger partial charge in [0.15, 0.2) is 0 Å². The Hall–Kier alpha value is -1.91. The normalized spacial score (nSPS) is 19.4. The van der Waals surface area contributed by atoms with Crippen LogP contribution in [-0.2, 0) is 34.5 Å². The van der Waals surface area contributed by atoms with E-state index < -0.39 is 21.6 Å². The summed E-state index contributed by atoms with van der Waals surface area (Å²) in [6, 6.07) is 8.49. The van der Waals surface area contributed by atoms with Crippen LogP contribution in [0, 0.1) is 0 Å². The smallest absolute Gasteiger partial charge is 0.369 e. The van der Waals surface area contributed by atoms with Crippen molar-refractivity contribution in [3.8, 4) is 0 Å². The topological polar surface area (TPSA) is 64.4 Å². The summed E-state index contributed by atoms with van der Waals surface area (Å²) >= 11 is 0. The van der Waals surface area contributed by atoms with Gasteiger partial charge in [0, 0.05) is 31.2 Å². The molecule has 2 aromatic rings. The second-order valence-corrected chi connectivity index (χ2v) is 7.58. The lowest BCUT2D eigenvalue weighted by Crippen LogP contribution is -2.43. The van der Waals surface area contributed by atoms with Crippen LogP contribution in [-0.4, -0.2) is 40.4 Å². The fourth-order valence-electron chi connectivity index (χ4n) is 2.64. The zero-order chi connectivity index (χ0) is 18.1. The van der Waals surface area contributed by atoms with E-state index in [4.69, 9.17) is 4.74 Å². The second-order valence-electron chi connectivity index (χ2n) is 5.65. The molecule has 10 heteroatoms. The van der Waals surface area contributed by atoms with E-state index in [1.54, 1.807) is 47.3 Å². The number of ether oxygens (including phenoxy) is 1. The van der Waals surface area contributed by atoms with Crippen LogP contribution in [0.15, 0.2) is 42.7 Å². The molecule has 1 aliphatic heterocycles. The molecule has 0 N–H and O–H groups in total. The van der Waals surface area contributed by atoms with Crippen molar-refractivity contribution in [2.24, 2.45) is 0 Å². The maximum atomic E-state index is 12.9. The van der Waals surface area contributed by atoms with E-state index in [-0.39, 0.29) is 26.2 Å². The highest BCUT2D eigenvalue weighted by atomic mass is 32.2. The van der Waals surface area contributed by atoms with E-state index in [0.29, 0.717) is 15.7 Å². The molecule has 0 spiro atoms. The van der Waals surface area contributed by atoms with Crippen LogP contribution in [0.1, 0.15) is 11.4 Å². The number of hydrogen-bond donors (Lipinski definition) is 0. The number of nitrogens with zero attached hydrogens (tertiary/aromatic N) is 3. The highest BCUT2D eigenvalue weighted by Gasteiger charge is 2.51. The van der Waals surface area contributed by atoms with Crippen LogP contribution in [0.2, 0.25) is 0 Å². The minimum Gasteiger partial charge on any atom is -0.369 e. The average molecular weight is 375 g/mol. The Balaban J connectivity index is 1.82. The maximum absolute atomic E-state index is 12.9. The van der Waals surface area contributed by atoms with Gasteiger partial charge in [-0.25, -0.2) is 8.42 Å². The lowest BCUT2D eigenvalue weighted by atomic mass is 10.3. The highest BCUT2D eigenvalue weighted by Crippen LogP contribution is 2.30. The fourth-order valence-corrected chi connectivity index (χ4v) is 3.60. The molecule has 136 valence electrons. The van der Waals surface area contributed by atoms with E-state index in [1.807, 2.05) is 0 Å². The number of hydrogen-bond acceptors (Lipinski definition) is 4. The van der Waals surface area contributed by atoms with Crippen LogP contribution in [0.4, 0.5) is 13.2 Å². The third kappa shape index (κ3) is 3.86. The molecule has 0 fully saturated rings. The standard InChI is InChI=1S/C15H16F3N3O3S/c16-15(17,18)25(22,23)21-8-13-5-3-7-20(13)9-14(10-21)24-11-12-4-1-2-6-19-12/h1-7,14H,8-11H2/t14-/m1/s1. The van der Waals surface area contributed by atoms with Gasteiger partial charge in [0.05, 0.1) is 24.9 Å². The lowest BCUT2D eigenvalue weighted by molar-refractivity contribution is -0.0512. The molecule has 0 amide bonds. The predicted octanol–water partition coefficient (Wildman–Crippen LogP) is 2.13. The molecule has 3 rings (SSSR count). The first-order valence-electron chi connectivity index (χ1n) is 7.49. The quantitative estimate of drug-likeness (QED) is 0.821. The van der Waals surface area contributed by atoms with Crippen molar-refractivity contribution >= 4 is 10.0 Å². The molecule has 3 heterocycles. The Morgan fingerprint density at radius 2 is 2.00 bits per heavy atom. The van der Waals surface area contributed by atoms with Crippen LogP contribution < -0.4 is 0 Å². The third-order valence-corrected chi connectivity index (χ3v) is 5.44. The number of halogens is 3. The van der Waals surface area contributed by atoms with Gasteiger partial charge < -0.3 is 9.30 Å². The van der Waals surface area contributed by atoms with E-state index in [2.05, 4.69) is 4.98 Å². The molecule has 0 radical (unpaired) electrons. The Labute approximate surface area is 142 Å². The average Bonchev–Trinajstić information content (AvgIpc) is 2.90. The van der Waals surface area contributed by atoms with Crippen molar-refractivity contribution in [2.75, 3.05) is 6.54 Å². The summed E-state index contributed by atoms with van der Waals surface area (Å²) in [4.78, 5) is 4.08. The minimum absolute atomic E-state index is 0.0853. The van der Waals surface area contributed by atoms with Crippen molar-refractivity contribution in [3.63, 3.8) is 0 Å². The summed E-state index contributed by atoms with van der Waals surface area (Å²) < 4.78 is 70.3. The maximum Gasteiger partial charge on any atom is 0.511 e. The van der Waals surface area contributed by atoms with E-state index in [9.17, 15) is 21.6 Å². The monoisotopic (exact) mass is 375 g/mol. The molecule has 1 atom stereocenters. The van der Waals surface area contributed by atoms with Gasteiger partial charge in [0.2, 0.25) is 0 Å². The van der Waals surface area contributed by atoms with Crippen LogP contribution in [0.5, 0.6) is 0 Å².